The lowest BCUT2D eigenvalue weighted by molar-refractivity contribution is 0.254. The molecule has 0 saturated heterocycles. The maximum atomic E-state index is 2.58. The summed E-state index contributed by atoms with van der Waals surface area (Å²) in [6.45, 7) is 12.0. The van der Waals surface area contributed by atoms with Gasteiger partial charge in [0.1, 0.15) is 0 Å². The number of hydrogen-bond acceptors (Lipinski definition) is 0. The van der Waals surface area contributed by atoms with Gasteiger partial charge in [0.2, 0.25) is 0 Å². The van der Waals surface area contributed by atoms with E-state index in [1.165, 1.54) is 12.8 Å². The third kappa shape index (κ3) is 1.18. The van der Waals surface area contributed by atoms with Crippen LogP contribution in [0.4, 0.5) is 0 Å². The third-order valence-electron chi connectivity index (χ3n) is 4.24. The lowest BCUT2D eigenvalue weighted by atomic mass is 9.73. The van der Waals surface area contributed by atoms with Gasteiger partial charge in [0.15, 0.2) is 0 Å². The molecule has 2 rings (SSSR count). The standard InChI is InChI=1S/C13H22/c1-12(2,3)11-8-9-6-7-10(11)13(9,4)5/h8-10H,6-7H2,1-5H3/t9-,10+/m1/s1. The van der Waals surface area contributed by atoms with E-state index in [-0.39, 0.29) is 0 Å². The fourth-order valence-corrected chi connectivity index (χ4v) is 3.31. The Morgan fingerprint density at radius 3 is 2.08 bits per heavy atom. The van der Waals surface area contributed by atoms with E-state index in [0.717, 1.165) is 11.8 Å². The van der Waals surface area contributed by atoms with Crippen LogP contribution in [0, 0.1) is 22.7 Å². The van der Waals surface area contributed by atoms with Crippen LogP contribution < -0.4 is 0 Å². The maximum absolute atomic E-state index is 2.58. The highest BCUT2D eigenvalue weighted by Crippen LogP contribution is 2.60. The molecule has 1 fully saturated rings. The Bertz CT molecular complexity index is 250. The van der Waals surface area contributed by atoms with E-state index < -0.39 is 0 Å². The molecule has 0 nitrogen and oxygen atoms in total. The van der Waals surface area contributed by atoms with Crippen molar-refractivity contribution in [3.05, 3.63) is 11.6 Å². The van der Waals surface area contributed by atoms with E-state index >= 15 is 0 Å². The first-order valence-electron chi connectivity index (χ1n) is 5.55. The Hall–Kier alpha value is -0.260. The molecule has 0 unspecified atom stereocenters. The second-order valence-corrected chi connectivity index (χ2v) is 6.43. The van der Waals surface area contributed by atoms with Gasteiger partial charge in [0.25, 0.3) is 0 Å². The summed E-state index contributed by atoms with van der Waals surface area (Å²) in [5.74, 6) is 1.74. The van der Waals surface area contributed by atoms with Gasteiger partial charge in [-0.05, 0) is 35.5 Å². The van der Waals surface area contributed by atoms with Crippen LogP contribution in [0.1, 0.15) is 47.5 Å². The van der Waals surface area contributed by atoms with Crippen molar-refractivity contribution in [3.8, 4) is 0 Å². The normalized spacial score (nSPS) is 36.5. The SMILES string of the molecule is CC(C)(C)C1=C[C@H]2CC[C@@H]1C2(C)C. The number of allylic oxidation sites excluding steroid dienone is 2. The van der Waals surface area contributed by atoms with Crippen molar-refractivity contribution in [2.24, 2.45) is 22.7 Å². The van der Waals surface area contributed by atoms with E-state index in [2.05, 4.69) is 40.7 Å². The summed E-state index contributed by atoms with van der Waals surface area (Å²) in [7, 11) is 0. The molecule has 0 spiro atoms. The molecule has 0 aromatic rings. The Balaban J connectivity index is 2.34. The van der Waals surface area contributed by atoms with Gasteiger partial charge in [0.05, 0.1) is 0 Å². The molecule has 2 atom stereocenters. The van der Waals surface area contributed by atoms with Gasteiger partial charge in [0, 0.05) is 0 Å². The minimum atomic E-state index is 0.400. The first-order valence-corrected chi connectivity index (χ1v) is 5.55. The van der Waals surface area contributed by atoms with Crippen molar-refractivity contribution in [2.75, 3.05) is 0 Å². The predicted octanol–water partition coefficient (Wildman–Crippen LogP) is 4.02. The molecule has 74 valence electrons. The molecular weight excluding hydrogens is 156 g/mol. The molecule has 1 saturated carbocycles. The summed E-state index contributed by atoms with van der Waals surface area (Å²) in [5, 5.41) is 0. The van der Waals surface area contributed by atoms with E-state index in [4.69, 9.17) is 0 Å². The Kier molecular flexibility index (Phi) is 1.72. The first-order chi connectivity index (χ1) is 5.83. The first kappa shape index (κ1) is 9.30. The van der Waals surface area contributed by atoms with Crippen LogP contribution in [0.5, 0.6) is 0 Å². The Morgan fingerprint density at radius 1 is 1.23 bits per heavy atom. The summed E-state index contributed by atoms with van der Waals surface area (Å²) in [4.78, 5) is 0. The van der Waals surface area contributed by atoms with Crippen LogP contribution >= 0.6 is 0 Å². The van der Waals surface area contributed by atoms with Crippen molar-refractivity contribution in [3.63, 3.8) is 0 Å². The topological polar surface area (TPSA) is 0 Å². The zero-order valence-electron chi connectivity index (χ0n) is 9.65. The lowest BCUT2D eigenvalue weighted by Gasteiger charge is -2.32. The van der Waals surface area contributed by atoms with Crippen LogP contribution in [-0.2, 0) is 0 Å². The van der Waals surface area contributed by atoms with Gasteiger partial charge in [-0.1, -0.05) is 46.3 Å². The zero-order chi connectivity index (χ0) is 9.85. The molecular formula is C13H22. The summed E-state index contributed by atoms with van der Waals surface area (Å²) in [6.07, 6.45) is 5.44. The van der Waals surface area contributed by atoms with Crippen molar-refractivity contribution >= 4 is 0 Å². The Labute approximate surface area is 82.4 Å². The highest BCUT2D eigenvalue weighted by Gasteiger charge is 2.50. The molecule has 2 aliphatic rings. The molecule has 0 N–H and O–H groups in total. The lowest BCUT2D eigenvalue weighted by Crippen LogP contribution is -2.23. The number of fused-ring (bicyclic) bond motifs is 2. The molecule has 0 amide bonds. The molecule has 2 bridgehead atoms. The smallest absolute Gasteiger partial charge is 0.0141 e. The molecule has 0 aromatic heterocycles. The van der Waals surface area contributed by atoms with Crippen molar-refractivity contribution in [2.45, 2.75) is 47.5 Å². The van der Waals surface area contributed by atoms with E-state index in [1.54, 1.807) is 5.57 Å². The zero-order valence-corrected chi connectivity index (χ0v) is 9.65. The molecule has 0 aromatic carbocycles. The van der Waals surface area contributed by atoms with Crippen LogP contribution in [0.2, 0.25) is 0 Å². The predicted molar refractivity (Wildman–Crippen MR) is 57.5 cm³/mol. The fourth-order valence-electron chi connectivity index (χ4n) is 3.31. The summed E-state index contributed by atoms with van der Waals surface area (Å²) in [5.41, 5.74) is 2.69. The van der Waals surface area contributed by atoms with Gasteiger partial charge < -0.3 is 0 Å². The van der Waals surface area contributed by atoms with Gasteiger partial charge in [-0.15, -0.1) is 0 Å². The summed E-state index contributed by atoms with van der Waals surface area (Å²) in [6, 6.07) is 0. The quantitative estimate of drug-likeness (QED) is 0.491. The molecule has 13 heavy (non-hydrogen) atoms. The van der Waals surface area contributed by atoms with Crippen molar-refractivity contribution < 1.29 is 0 Å². The maximum Gasteiger partial charge on any atom is -0.0141 e. The number of rotatable bonds is 0. The van der Waals surface area contributed by atoms with E-state index in [1.807, 2.05) is 0 Å². The molecule has 0 radical (unpaired) electrons. The van der Waals surface area contributed by atoms with Gasteiger partial charge in [-0.3, -0.25) is 0 Å². The summed E-state index contributed by atoms with van der Waals surface area (Å²) < 4.78 is 0. The number of hydrogen-bond donors (Lipinski definition) is 0. The van der Waals surface area contributed by atoms with Crippen LogP contribution in [0.15, 0.2) is 11.6 Å². The second kappa shape index (κ2) is 2.40. The van der Waals surface area contributed by atoms with Crippen molar-refractivity contribution in [1.29, 1.82) is 0 Å². The van der Waals surface area contributed by atoms with Crippen LogP contribution in [-0.4, -0.2) is 0 Å². The average molecular weight is 178 g/mol. The van der Waals surface area contributed by atoms with Gasteiger partial charge in [-0.2, -0.15) is 0 Å². The van der Waals surface area contributed by atoms with Crippen LogP contribution in [0.25, 0.3) is 0 Å². The monoisotopic (exact) mass is 178 g/mol. The van der Waals surface area contributed by atoms with E-state index in [0.29, 0.717) is 10.8 Å². The molecule has 2 aliphatic carbocycles. The molecule has 0 heteroatoms. The second-order valence-electron chi connectivity index (χ2n) is 6.43. The highest BCUT2D eigenvalue weighted by atomic mass is 14.5. The largest absolute Gasteiger partial charge is 0.0808 e. The third-order valence-corrected chi connectivity index (χ3v) is 4.24. The van der Waals surface area contributed by atoms with Crippen molar-refractivity contribution in [1.82, 2.24) is 0 Å². The molecule has 0 heterocycles. The van der Waals surface area contributed by atoms with Gasteiger partial charge in [-0.25, -0.2) is 0 Å². The fraction of sp³-hybridized carbons (Fsp3) is 0.846. The highest BCUT2D eigenvalue weighted by molar-refractivity contribution is 5.29. The average Bonchev–Trinajstić information content (AvgIpc) is 2.39. The Morgan fingerprint density at radius 2 is 1.85 bits per heavy atom. The minimum absolute atomic E-state index is 0.400. The summed E-state index contributed by atoms with van der Waals surface area (Å²) >= 11 is 0. The van der Waals surface area contributed by atoms with Crippen LogP contribution in [0.3, 0.4) is 0 Å². The molecule has 0 aliphatic heterocycles. The minimum Gasteiger partial charge on any atom is -0.0808 e. The van der Waals surface area contributed by atoms with Gasteiger partial charge >= 0.3 is 0 Å². The van der Waals surface area contributed by atoms with E-state index in [9.17, 15) is 0 Å².